The van der Waals surface area contributed by atoms with Gasteiger partial charge >= 0.3 is 5.97 Å². The molecule has 0 aliphatic rings. The summed E-state index contributed by atoms with van der Waals surface area (Å²) in [4.78, 5) is 22.1. The van der Waals surface area contributed by atoms with Crippen LogP contribution in [-0.2, 0) is 15.3 Å². The highest BCUT2D eigenvalue weighted by Gasteiger charge is 2.15. The Morgan fingerprint density at radius 1 is 1.69 bits per heavy atom. The molecule has 1 unspecified atom stereocenters. The third-order valence-electron chi connectivity index (χ3n) is 1.94. The molecule has 0 radical (unpaired) electrons. The summed E-state index contributed by atoms with van der Waals surface area (Å²) < 4.78 is 0. The van der Waals surface area contributed by atoms with Gasteiger partial charge in [0.2, 0.25) is 6.41 Å². The highest BCUT2D eigenvalue weighted by Crippen LogP contribution is 2.17. The van der Waals surface area contributed by atoms with Crippen molar-refractivity contribution in [1.29, 1.82) is 0 Å². The van der Waals surface area contributed by atoms with E-state index in [9.17, 15) is 9.59 Å². The van der Waals surface area contributed by atoms with Gasteiger partial charge < -0.3 is 10.4 Å². The zero-order chi connectivity index (χ0) is 11.8. The van der Waals surface area contributed by atoms with Crippen LogP contribution in [0.3, 0.4) is 0 Å². The van der Waals surface area contributed by atoms with E-state index in [0.717, 1.165) is 11.5 Å². The van der Waals surface area contributed by atoms with E-state index in [1.54, 1.807) is 23.1 Å². The maximum Gasteiger partial charge on any atom is 0.326 e. The Hall–Kier alpha value is -1.01. The van der Waals surface area contributed by atoms with E-state index in [-0.39, 0.29) is 0 Å². The fourth-order valence-corrected chi connectivity index (χ4v) is 2.98. The molecular formula is C10H13NO3S2. The summed E-state index contributed by atoms with van der Waals surface area (Å²) in [5.41, 5.74) is 0. The average Bonchev–Trinajstić information content (AvgIpc) is 2.75. The molecule has 1 rings (SSSR count). The van der Waals surface area contributed by atoms with Crippen LogP contribution in [0.2, 0.25) is 0 Å². The molecule has 1 atom stereocenters. The second kappa shape index (κ2) is 7.29. The van der Waals surface area contributed by atoms with Crippen LogP contribution < -0.4 is 5.32 Å². The highest BCUT2D eigenvalue weighted by molar-refractivity contribution is 7.98. The molecule has 2 N–H and O–H groups in total. The van der Waals surface area contributed by atoms with E-state index >= 15 is 0 Å². The van der Waals surface area contributed by atoms with Crippen molar-refractivity contribution >= 4 is 35.5 Å². The van der Waals surface area contributed by atoms with Crippen molar-refractivity contribution in [2.75, 3.05) is 5.75 Å². The zero-order valence-corrected chi connectivity index (χ0v) is 10.2. The molecule has 0 saturated carbocycles. The quantitative estimate of drug-likeness (QED) is 0.549. The Balaban J connectivity index is 2.18. The molecule has 0 aliphatic heterocycles. The van der Waals surface area contributed by atoms with Gasteiger partial charge in [0.1, 0.15) is 6.04 Å². The number of aliphatic carboxylic acids is 1. The summed E-state index contributed by atoms with van der Waals surface area (Å²) in [6.45, 7) is 0. The molecule has 0 bridgehead atoms. The monoisotopic (exact) mass is 259 g/mol. The van der Waals surface area contributed by atoms with E-state index < -0.39 is 12.0 Å². The summed E-state index contributed by atoms with van der Waals surface area (Å²) >= 11 is 3.36. The van der Waals surface area contributed by atoms with Crippen molar-refractivity contribution in [3.05, 3.63) is 22.4 Å². The van der Waals surface area contributed by atoms with E-state index in [1.165, 1.54) is 4.88 Å². The van der Waals surface area contributed by atoms with Gasteiger partial charge in [-0.15, -0.1) is 11.3 Å². The summed E-state index contributed by atoms with van der Waals surface area (Å²) in [7, 11) is 0. The van der Waals surface area contributed by atoms with Crippen molar-refractivity contribution in [3.8, 4) is 0 Å². The Kier molecular flexibility index (Phi) is 5.95. The SMILES string of the molecule is O=CNC(CCSCc1cccs1)C(=O)O. The molecule has 6 heteroatoms. The lowest BCUT2D eigenvalue weighted by Gasteiger charge is -2.09. The molecule has 0 aromatic carbocycles. The molecule has 1 heterocycles. The Morgan fingerprint density at radius 2 is 2.50 bits per heavy atom. The predicted molar refractivity (Wildman–Crippen MR) is 65.7 cm³/mol. The molecule has 16 heavy (non-hydrogen) atoms. The second-order valence-corrected chi connectivity index (χ2v) is 5.23. The fourth-order valence-electron chi connectivity index (χ4n) is 1.13. The Bertz CT molecular complexity index is 327. The number of amides is 1. The Morgan fingerprint density at radius 3 is 3.06 bits per heavy atom. The van der Waals surface area contributed by atoms with Gasteiger partial charge in [-0.2, -0.15) is 11.8 Å². The molecule has 1 aromatic heterocycles. The van der Waals surface area contributed by atoms with Crippen LogP contribution in [0.25, 0.3) is 0 Å². The van der Waals surface area contributed by atoms with Gasteiger partial charge in [-0.3, -0.25) is 4.79 Å². The smallest absolute Gasteiger partial charge is 0.326 e. The van der Waals surface area contributed by atoms with E-state index in [0.29, 0.717) is 12.8 Å². The minimum atomic E-state index is -0.983. The van der Waals surface area contributed by atoms with Gasteiger partial charge in [-0.25, -0.2) is 4.79 Å². The number of carboxylic acid groups (broad SMARTS) is 1. The van der Waals surface area contributed by atoms with Crippen LogP contribution >= 0.6 is 23.1 Å². The summed E-state index contributed by atoms with van der Waals surface area (Å²) in [6.07, 6.45) is 0.882. The largest absolute Gasteiger partial charge is 0.480 e. The van der Waals surface area contributed by atoms with Crippen molar-refractivity contribution in [1.82, 2.24) is 5.32 Å². The van der Waals surface area contributed by atoms with Crippen molar-refractivity contribution in [3.63, 3.8) is 0 Å². The molecular weight excluding hydrogens is 246 g/mol. The summed E-state index contributed by atoms with van der Waals surface area (Å²) in [6, 6.07) is 3.28. The molecule has 1 amide bonds. The molecule has 0 fully saturated rings. The van der Waals surface area contributed by atoms with Crippen LogP contribution in [0.1, 0.15) is 11.3 Å². The first-order valence-electron chi connectivity index (χ1n) is 4.76. The third kappa shape index (κ3) is 4.67. The van der Waals surface area contributed by atoms with Crippen molar-refractivity contribution in [2.24, 2.45) is 0 Å². The average molecular weight is 259 g/mol. The topological polar surface area (TPSA) is 66.4 Å². The standard InChI is InChI=1S/C10H13NO3S2/c12-7-11-9(10(13)14)3-5-15-6-8-2-1-4-16-8/h1-2,4,7,9H,3,5-6H2,(H,11,12)(H,13,14). The number of carboxylic acids is 1. The van der Waals surface area contributed by atoms with E-state index in [4.69, 9.17) is 5.11 Å². The lowest BCUT2D eigenvalue weighted by Crippen LogP contribution is -2.36. The highest BCUT2D eigenvalue weighted by atomic mass is 32.2. The van der Waals surface area contributed by atoms with Gasteiger partial charge in [-0.05, 0) is 23.6 Å². The van der Waals surface area contributed by atoms with E-state index in [2.05, 4.69) is 11.4 Å². The van der Waals surface area contributed by atoms with Gasteiger partial charge in [0.05, 0.1) is 0 Å². The minimum Gasteiger partial charge on any atom is -0.480 e. The molecule has 4 nitrogen and oxygen atoms in total. The van der Waals surface area contributed by atoms with Gasteiger partial charge in [0.25, 0.3) is 0 Å². The van der Waals surface area contributed by atoms with Gasteiger partial charge in [-0.1, -0.05) is 6.07 Å². The normalized spacial score (nSPS) is 12.0. The lowest BCUT2D eigenvalue weighted by atomic mass is 10.2. The summed E-state index contributed by atoms with van der Waals surface area (Å²) in [5.74, 6) is 0.629. The van der Waals surface area contributed by atoms with Crippen LogP contribution in [0.15, 0.2) is 17.5 Å². The maximum absolute atomic E-state index is 10.7. The number of rotatable bonds is 8. The number of hydrogen-bond acceptors (Lipinski definition) is 4. The van der Waals surface area contributed by atoms with Gasteiger partial charge in [0.15, 0.2) is 0 Å². The van der Waals surface area contributed by atoms with Crippen LogP contribution in [0.4, 0.5) is 0 Å². The lowest BCUT2D eigenvalue weighted by molar-refractivity contribution is -0.140. The summed E-state index contributed by atoms with van der Waals surface area (Å²) in [5, 5.41) is 13.1. The first kappa shape index (κ1) is 13.1. The molecule has 1 aromatic rings. The van der Waals surface area contributed by atoms with Gasteiger partial charge in [0, 0.05) is 10.6 Å². The fraction of sp³-hybridized carbons (Fsp3) is 0.400. The molecule has 0 saturated heterocycles. The van der Waals surface area contributed by atoms with Crippen LogP contribution in [-0.4, -0.2) is 29.3 Å². The van der Waals surface area contributed by atoms with Crippen LogP contribution in [0, 0.1) is 0 Å². The molecule has 0 aliphatic carbocycles. The number of carbonyl (C=O) groups excluding carboxylic acids is 1. The number of thioether (sulfide) groups is 1. The van der Waals surface area contributed by atoms with E-state index in [1.807, 2.05) is 11.4 Å². The molecule has 88 valence electrons. The first-order valence-corrected chi connectivity index (χ1v) is 6.80. The zero-order valence-electron chi connectivity index (χ0n) is 8.59. The molecule has 0 spiro atoms. The number of hydrogen-bond donors (Lipinski definition) is 2. The number of nitrogens with one attached hydrogen (secondary N) is 1. The van der Waals surface area contributed by atoms with Crippen LogP contribution in [0.5, 0.6) is 0 Å². The van der Waals surface area contributed by atoms with Crippen molar-refractivity contribution in [2.45, 2.75) is 18.2 Å². The second-order valence-electron chi connectivity index (χ2n) is 3.10. The minimum absolute atomic E-state index is 0.433. The Labute approximate surface area is 102 Å². The predicted octanol–water partition coefficient (Wildman–Crippen LogP) is 1.57. The first-order chi connectivity index (χ1) is 7.74. The number of carbonyl (C=O) groups is 2. The van der Waals surface area contributed by atoms with Crippen molar-refractivity contribution < 1.29 is 14.7 Å². The maximum atomic E-state index is 10.7. The number of thiophene rings is 1. The third-order valence-corrected chi connectivity index (χ3v) is 4.04.